The molecule has 1 unspecified atom stereocenters. The zero-order valence-electron chi connectivity index (χ0n) is 14.4. The highest BCUT2D eigenvalue weighted by atomic mass is 19.3. The van der Waals surface area contributed by atoms with E-state index in [1.54, 1.807) is 12.1 Å². The Morgan fingerprint density at radius 2 is 2.00 bits per heavy atom. The minimum atomic E-state index is -2.86. The van der Waals surface area contributed by atoms with E-state index in [4.69, 9.17) is 0 Å². The van der Waals surface area contributed by atoms with Crippen molar-refractivity contribution in [3.8, 4) is 5.75 Å². The molecule has 1 atom stereocenters. The second kappa shape index (κ2) is 9.30. The highest BCUT2D eigenvalue weighted by molar-refractivity contribution is 5.30. The maximum absolute atomic E-state index is 12.3. The van der Waals surface area contributed by atoms with Gasteiger partial charge in [0.1, 0.15) is 5.75 Å². The number of nitrogens with zero attached hydrogens (tertiary/aromatic N) is 1. The predicted molar refractivity (Wildman–Crippen MR) is 90.3 cm³/mol. The SMILES string of the molecule is CC(C)CN1CCC(NCC(O)c2cccc(OC(F)F)c2)CC1. The van der Waals surface area contributed by atoms with Gasteiger partial charge >= 0.3 is 6.61 Å². The molecule has 1 aromatic carbocycles. The second-order valence-electron chi connectivity index (χ2n) is 6.84. The molecule has 1 aromatic rings. The van der Waals surface area contributed by atoms with Crippen molar-refractivity contribution in [2.45, 2.75) is 45.4 Å². The number of rotatable bonds is 8. The first-order valence-electron chi connectivity index (χ1n) is 8.62. The molecule has 1 saturated heterocycles. The van der Waals surface area contributed by atoms with Gasteiger partial charge in [0, 0.05) is 19.1 Å². The normalized spacial score (nSPS) is 18.3. The van der Waals surface area contributed by atoms with Gasteiger partial charge in [-0.2, -0.15) is 8.78 Å². The Morgan fingerprint density at radius 1 is 1.29 bits per heavy atom. The van der Waals surface area contributed by atoms with Crippen molar-refractivity contribution in [3.63, 3.8) is 0 Å². The predicted octanol–water partition coefficient (Wildman–Crippen LogP) is 3.03. The number of nitrogens with one attached hydrogen (secondary N) is 1. The van der Waals surface area contributed by atoms with Crippen molar-refractivity contribution < 1.29 is 18.6 Å². The van der Waals surface area contributed by atoms with E-state index in [2.05, 4.69) is 28.8 Å². The van der Waals surface area contributed by atoms with E-state index in [9.17, 15) is 13.9 Å². The summed E-state index contributed by atoms with van der Waals surface area (Å²) in [6, 6.07) is 6.64. The molecule has 0 bridgehead atoms. The lowest BCUT2D eigenvalue weighted by atomic mass is 10.0. The molecule has 6 heteroatoms. The van der Waals surface area contributed by atoms with E-state index < -0.39 is 12.7 Å². The Bertz CT molecular complexity index is 492. The van der Waals surface area contributed by atoms with Gasteiger partial charge in [-0.15, -0.1) is 0 Å². The molecular formula is C18H28F2N2O2. The van der Waals surface area contributed by atoms with Gasteiger partial charge in [0.2, 0.25) is 0 Å². The maximum atomic E-state index is 12.3. The van der Waals surface area contributed by atoms with Crippen LogP contribution in [0.5, 0.6) is 5.75 Å². The Morgan fingerprint density at radius 3 is 2.62 bits per heavy atom. The Kier molecular flexibility index (Phi) is 7.40. The highest BCUT2D eigenvalue weighted by Crippen LogP contribution is 2.21. The van der Waals surface area contributed by atoms with Gasteiger partial charge in [0.25, 0.3) is 0 Å². The lowest BCUT2D eigenvalue weighted by molar-refractivity contribution is -0.0499. The van der Waals surface area contributed by atoms with Crippen molar-refractivity contribution in [2.75, 3.05) is 26.2 Å². The van der Waals surface area contributed by atoms with Crippen LogP contribution in [-0.4, -0.2) is 48.8 Å². The summed E-state index contributed by atoms with van der Waals surface area (Å²) in [7, 11) is 0. The van der Waals surface area contributed by atoms with Crippen molar-refractivity contribution >= 4 is 0 Å². The number of alkyl halides is 2. The van der Waals surface area contributed by atoms with E-state index in [1.807, 2.05) is 0 Å². The number of ether oxygens (including phenoxy) is 1. The fraction of sp³-hybridized carbons (Fsp3) is 0.667. The molecule has 2 rings (SSSR count). The summed E-state index contributed by atoms with van der Waals surface area (Å²) in [4.78, 5) is 2.48. The van der Waals surface area contributed by atoms with Crippen molar-refractivity contribution in [3.05, 3.63) is 29.8 Å². The van der Waals surface area contributed by atoms with Crippen molar-refractivity contribution in [1.29, 1.82) is 0 Å². The fourth-order valence-corrected chi connectivity index (χ4v) is 3.13. The Hall–Kier alpha value is -1.24. The first-order valence-corrected chi connectivity index (χ1v) is 8.62. The smallest absolute Gasteiger partial charge is 0.387 e. The quantitative estimate of drug-likeness (QED) is 0.762. The standard InChI is InChI=1S/C18H28F2N2O2/c1-13(2)12-22-8-6-15(7-9-22)21-11-17(23)14-4-3-5-16(10-14)24-18(19)20/h3-5,10,13,15,17-18,21,23H,6-9,11-12H2,1-2H3. The topological polar surface area (TPSA) is 44.7 Å². The van der Waals surface area contributed by atoms with Crippen LogP contribution < -0.4 is 10.1 Å². The maximum Gasteiger partial charge on any atom is 0.387 e. The summed E-state index contributed by atoms with van der Waals surface area (Å²) in [6.45, 7) is 5.29. The molecule has 0 aromatic heterocycles. The van der Waals surface area contributed by atoms with Gasteiger partial charge in [-0.25, -0.2) is 0 Å². The number of hydrogen-bond acceptors (Lipinski definition) is 4. The third kappa shape index (κ3) is 6.34. The van der Waals surface area contributed by atoms with Crippen LogP contribution in [0.15, 0.2) is 24.3 Å². The minimum absolute atomic E-state index is 0.0727. The number of benzene rings is 1. The van der Waals surface area contributed by atoms with Crippen molar-refractivity contribution in [1.82, 2.24) is 10.2 Å². The van der Waals surface area contributed by atoms with Gasteiger partial charge in [0.15, 0.2) is 0 Å². The number of halogens is 2. The van der Waals surface area contributed by atoms with E-state index in [1.165, 1.54) is 12.1 Å². The van der Waals surface area contributed by atoms with Gasteiger partial charge in [-0.05, 0) is 49.5 Å². The van der Waals surface area contributed by atoms with E-state index in [0.29, 0.717) is 24.1 Å². The van der Waals surface area contributed by atoms with Crippen LogP contribution in [0.2, 0.25) is 0 Å². The molecule has 0 radical (unpaired) electrons. The average Bonchev–Trinajstić information content (AvgIpc) is 2.53. The van der Waals surface area contributed by atoms with E-state index in [0.717, 1.165) is 32.5 Å². The third-order valence-electron chi connectivity index (χ3n) is 4.28. The molecule has 136 valence electrons. The number of piperidine rings is 1. The molecule has 1 fully saturated rings. The van der Waals surface area contributed by atoms with E-state index >= 15 is 0 Å². The molecule has 2 N–H and O–H groups in total. The molecule has 0 saturated carbocycles. The van der Waals surface area contributed by atoms with Crippen LogP contribution in [0.1, 0.15) is 38.4 Å². The summed E-state index contributed by atoms with van der Waals surface area (Å²) in [6.07, 6.45) is 1.39. The highest BCUT2D eigenvalue weighted by Gasteiger charge is 2.20. The molecule has 0 spiro atoms. The zero-order valence-corrected chi connectivity index (χ0v) is 14.4. The molecule has 1 heterocycles. The third-order valence-corrected chi connectivity index (χ3v) is 4.28. The molecule has 1 aliphatic rings. The van der Waals surface area contributed by atoms with Crippen LogP contribution in [0.3, 0.4) is 0 Å². The lowest BCUT2D eigenvalue weighted by Gasteiger charge is -2.33. The molecule has 0 amide bonds. The summed E-state index contributed by atoms with van der Waals surface area (Å²) in [5, 5.41) is 13.7. The van der Waals surface area contributed by atoms with Crippen LogP contribution >= 0.6 is 0 Å². The van der Waals surface area contributed by atoms with Crippen LogP contribution in [0.25, 0.3) is 0 Å². The number of aliphatic hydroxyl groups is 1. The van der Waals surface area contributed by atoms with Gasteiger partial charge in [-0.1, -0.05) is 26.0 Å². The number of aliphatic hydroxyl groups excluding tert-OH is 1. The van der Waals surface area contributed by atoms with Crippen LogP contribution in [0, 0.1) is 5.92 Å². The largest absolute Gasteiger partial charge is 0.435 e. The van der Waals surface area contributed by atoms with Crippen molar-refractivity contribution in [2.24, 2.45) is 5.92 Å². The second-order valence-corrected chi connectivity index (χ2v) is 6.84. The first kappa shape index (κ1) is 19.1. The van der Waals surface area contributed by atoms with Gasteiger partial charge in [0.05, 0.1) is 6.10 Å². The minimum Gasteiger partial charge on any atom is -0.435 e. The molecule has 4 nitrogen and oxygen atoms in total. The monoisotopic (exact) mass is 342 g/mol. The Balaban J connectivity index is 1.76. The summed E-state index contributed by atoms with van der Waals surface area (Å²) >= 11 is 0. The van der Waals surface area contributed by atoms with E-state index in [-0.39, 0.29) is 5.75 Å². The first-order chi connectivity index (χ1) is 11.4. The van der Waals surface area contributed by atoms with Crippen LogP contribution in [-0.2, 0) is 0 Å². The number of likely N-dealkylation sites (tertiary alicyclic amines) is 1. The number of hydrogen-bond donors (Lipinski definition) is 2. The zero-order chi connectivity index (χ0) is 17.5. The van der Waals surface area contributed by atoms with Crippen LogP contribution in [0.4, 0.5) is 8.78 Å². The van der Waals surface area contributed by atoms with Gasteiger partial charge < -0.3 is 20.1 Å². The molecule has 24 heavy (non-hydrogen) atoms. The lowest BCUT2D eigenvalue weighted by Crippen LogP contribution is -2.44. The molecular weight excluding hydrogens is 314 g/mol. The van der Waals surface area contributed by atoms with Gasteiger partial charge in [-0.3, -0.25) is 0 Å². The fourth-order valence-electron chi connectivity index (χ4n) is 3.13. The summed E-state index contributed by atoms with van der Waals surface area (Å²) in [5.74, 6) is 0.752. The average molecular weight is 342 g/mol. The molecule has 0 aliphatic carbocycles. The summed E-state index contributed by atoms with van der Waals surface area (Å²) < 4.78 is 28.9. The Labute approximate surface area is 142 Å². The summed E-state index contributed by atoms with van der Waals surface area (Å²) in [5.41, 5.74) is 0.581. The molecule has 1 aliphatic heterocycles.